The van der Waals surface area contributed by atoms with Gasteiger partial charge in [-0.3, -0.25) is 0 Å². The van der Waals surface area contributed by atoms with Crippen molar-refractivity contribution in [3.05, 3.63) is 36.0 Å². The minimum atomic E-state index is -1.68. The second-order valence-corrected chi connectivity index (χ2v) is 6.54. The smallest absolute Gasteiger partial charge is 0.370 e. The van der Waals surface area contributed by atoms with Gasteiger partial charge in [0.25, 0.3) is 0 Å². The predicted octanol–water partition coefficient (Wildman–Crippen LogP) is -2.66. The molecule has 13 heteroatoms. The van der Waals surface area contributed by atoms with Crippen molar-refractivity contribution in [3.63, 3.8) is 0 Å². The van der Waals surface area contributed by atoms with Gasteiger partial charge in [0.1, 0.15) is 24.1 Å². The molecule has 0 aromatic carbocycles. The minimum absolute atomic E-state index is 0.105. The molecule has 1 aromatic rings. The van der Waals surface area contributed by atoms with Gasteiger partial charge < -0.3 is 51.7 Å². The van der Waals surface area contributed by atoms with Gasteiger partial charge in [-0.05, 0) is 30.4 Å². The van der Waals surface area contributed by atoms with Crippen LogP contribution < -0.4 is 22.1 Å². The first-order valence-corrected chi connectivity index (χ1v) is 8.88. The molecule has 5 atom stereocenters. The lowest BCUT2D eigenvalue weighted by Gasteiger charge is -2.39. The summed E-state index contributed by atoms with van der Waals surface area (Å²) < 4.78 is 10.5. The molecule has 160 valence electrons. The minimum Gasteiger partial charge on any atom is -0.478 e. The van der Waals surface area contributed by atoms with Crippen molar-refractivity contribution in [1.82, 2.24) is 10.6 Å². The number of aliphatic hydroxyl groups is 3. The van der Waals surface area contributed by atoms with E-state index in [4.69, 9.17) is 37.9 Å². The third-order valence-electron chi connectivity index (χ3n) is 4.03. The third kappa shape index (κ3) is 6.05. The molecule has 10 N–H and O–H groups in total. The average molecular weight is 429 g/mol. The van der Waals surface area contributed by atoms with Crippen molar-refractivity contribution in [2.45, 2.75) is 36.9 Å². The van der Waals surface area contributed by atoms with Crippen LogP contribution in [0.15, 0.2) is 39.6 Å². The molecule has 0 amide bonds. The number of thiocarbonyl (C=S) groups is 1. The maximum atomic E-state index is 11.4. The number of nitrogens with one attached hydrogen (secondary N) is 2. The normalized spacial score (nSPS) is 23.1. The van der Waals surface area contributed by atoms with E-state index >= 15 is 0 Å². The first-order valence-electron chi connectivity index (χ1n) is 8.47. The Morgan fingerprint density at radius 1 is 1.38 bits per heavy atom. The molecule has 0 aliphatic carbocycles. The van der Waals surface area contributed by atoms with Crippen LogP contribution in [0.1, 0.15) is 5.76 Å². The van der Waals surface area contributed by atoms with Crippen molar-refractivity contribution < 1.29 is 34.4 Å². The predicted molar refractivity (Wildman–Crippen MR) is 104 cm³/mol. The highest BCUT2D eigenvalue weighted by atomic mass is 32.1. The van der Waals surface area contributed by atoms with Crippen LogP contribution in [0, 0.1) is 0 Å². The zero-order valence-electron chi connectivity index (χ0n) is 15.1. The van der Waals surface area contributed by atoms with Crippen LogP contribution in [0.25, 0.3) is 0 Å². The van der Waals surface area contributed by atoms with Crippen LogP contribution in [0.5, 0.6) is 0 Å². The zero-order chi connectivity index (χ0) is 21.6. The second kappa shape index (κ2) is 10.1. The van der Waals surface area contributed by atoms with Crippen LogP contribution in [0.3, 0.4) is 0 Å². The number of furan rings is 1. The fraction of sp³-hybridized carbons (Fsp3) is 0.438. The molecular weight excluding hydrogens is 406 g/mol. The lowest BCUT2D eigenvalue weighted by molar-refractivity contribution is -0.144. The maximum absolute atomic E-state index is 11.4. The molecule has 29 heavy (non-hydrogen) atoms. The molecule has 2 rings (SSSR count). The Morgan fingerprint density at radius 3 is 2.66 bits per heavy atom. The molecule has 0 unspecified atom stereocenters. The molecule has 1 aliphatic rings. The summed E-state index contributed by atoms with van der Waals surface area (Å²) in [7, 11) is 0. The zero-order valence-corrected chi connectivity index (χ0v) is 16.0. The molecule has 0 saturated heterocycles. The second-order valence-electron chi connectivity index (χ2n) is 6.14. The summed E-state index contributed by atoms with van der Waals surface area (Å²) in [4.78, 5) is 15.3. The molecule has 1 aromatic heterocycles. The number of nitrogens with two attached hydrogens (primary N) is 2. The van der Waals surface area contributed by atoms with E-state index < -0.39 is 48.7 Å². The van der Waals surface area contributed by atoms with Gasteiger partial charge in [-0.15, -0.1) is 0 Å². The van der Waals surface area contributed by atoms with Crippen LogP contribution in [0.2, 0.25) is 0 Å². The number of rotatable bonds is 8. The number of carboxylic acids is 1. The quantitative estimate of drug-likeness (QED) is 0.121. The van der Waals surface area contributed by atoms with Gasteiger partial charge in [-0.1, -0.05) is 0 Å². The summed E-state index contributed by atoms with van der Waals surface area (Å²) in [5, 5.41) is 44.5. The van der Waals surface area contributed by atoms with E-state index in [-0.39, 0.29) is 17.6 Å². The highest BCUT2D eigenvalue weighted by molar-refractivity contribution is 7.80. The average Bonchev–Trinajstić information content (AvgIpc) is 3.19. The largest absolute Gasteiger partial charge is 0.478 e. The van der Waals surface area contributed by atoms with Crippen LogP contribution in [-0.2, 0) is 16.1 Å². The Hall–Kier alpha value is -2.87. The van der Waals surface area contributed by atoms with Gasteiger partial charge >= 0.3 is 5.97 Å². The van der Waals surface area contributed by atoms with Gasteiger partial charge in [0.05, 0.1) is 31.5 Å². The number of carbonyl (C=O) groups is 1. The van der Waals surface area contributed by atoms with Gasteiger partial charge in [0, 0.05) is 0 Å². The standard InChI is InChI=1S/C16H23N5O7S/c17-15(18)20-8-4-10(14(25)26)28-13(12(24)9(23)6-22)11(8)21-16(29)19-5-7-2-1-3-27-7/h1-4,8-9,11-13,22-24H,5-6H2,(H,25,26)(H4,17,18,20)(H2,19,21,29)/t8-,9+,11+,12+,13+/m0/s1. The number of aliphatic carboxylic acids is 1. The summed E-state index contributed by atoms with van der Waals surface area (Å²) >= 11 is 5.23. The lowest BCUT2D eigenvalue weighted by Crippen LogP contribution is -2.61. The first kappa shape index (κ1) is 22.4. The van der Waals surface area contributed by atoms with Gasteiger partial charge in [-0.2, -0.15) is 0 Å². The molecule has 0 bridgehead atoms. The molecule has 0 saturated carbocycles. The lowest BCUT2D eigenvalue weighted by atomic mass is 9.92. The van der Waals surface area contributed by atoms with Crippen molar-refractivity contribution in [2.75, 3.05) is 6.61 Å². The summed E-state index contributed by atoms with van der Waals surface area (Å²) in [6, 6.07) is 1.45. The topological polar surface area (TPSA) is 209 Å². The Labute approximate surface area is 170 Å². The van der Waals surface area contributed by atoms with E-state index in [9.17, 15) is 20.1 Å². The van der Waals surface area contributed by atoms with Crippen molar-refractivity contribution >= 4 is 29.3 Å². The van der Waals surface area contributed by atoms with Crippen LogP contribution in [-0.4, -0.2) is 74.5 Å². The number of carboxylic acid groups (broad SMARTS) is 1. The maximum Gasteiger partial charge on any atom is 0.370 e. The first-order chi connectivity index (χ1) is 13.7. The van der Waals surface area contributed by atoms with E-state index in [2.05, 4.69) is 15.6 Å². The number of hydrogen-bond acceptors (Lipinski definition) is 8. The summed E-state index contributed by atoms with van der Waals surface area (Å²) in [5.74, 6) is -1.68. The molecule has 0 fully saturated rings. The van der Waals surface area contributed by atoms with E-state index in [0.717, 1.165) is 6.08 Å². The Morgan fingerprint density at radius 2 is 2.10 bits per heavy atom. The van der Waals surface area contributed by atoms with E-state index in [1.165, 1.54) is 6.26 Å². The number of aliphatic hydroxyl groups excluding tert-OH is 3. The molecule has 0 radical (unpaired) electrons. The Kier molecular flexibility index (Phi) is 7.78. The third-order valence-corrected chi connectivity index (χ3v) is 4.30. The Balaban J connectivity index is 2.27. The SMILES string of the molecule is NC(N)=N[C@H]1C=C(C(=O)O)O[C@@H]([C@H](O)[C@H](O)CO)[C@@H]1NC(=S)NCc1ccco1. The molecule has 2 heterocycles. The summed E-state index contributed by atoms with van der Waals surface area (Å²) in [5.41, 5.74) is 10.9. The number of nitrogens with zero attached hydrogens (tertiary/aromatic N) is 1. The highest BCUT2D eigenvalue weighted by Gasteiger charge is 2.43. The summed E-state index contributed by atoms with van der Waals surface area (Å²) in [6.07, 6.45) is -2.00. The molecule has 1 aliphatic heterocycles. The monoisotopic (exact) mass is 429 g/mol. The van der Waals surface area contributed by atoms with Crippen LogP contribution >= 0.6 is 12.2 Å². The Bertz CT molecular complexity index is 766. The number of hydrogen-bond donors (Lipinski definition) is 8. The molecule has 12 nitrogen and oxygen atoms in total. The molecule has 0 spiro atoms. The van der Waals surface area contributed by atoms with E-state index in [1.807, 2.05) is 0 Å². The highest BCUT2D eigenvalue weighted by Crippen LogP contribution is 2.24. The summed E-state index contributed by atoms with van der Waals surface area (Å²) in [6.45, 7) is -0.532. The van der Waals surface area contributed by atoms with Gasteiger partial charge in [-0.25, -0.2) is 9.79 Å². The van der Waals surface area contributed by atoms with E-state index in [1.54, 1.807) is 12.1 Å². The van der Waals surface area contributed by atoms with Gasteiger partial charge in [0.2, 0.25) is 5.76 Å². The van der Waals surface area contributed by atoms with Gasteiger partial charge in [0.15, 0.2) is 11.1 Å². The number of aliphatic imine (C=N–C) groups is 1. The van der Waals surface area contributed by atoms with Crippen molar-refractivity contribution in [3.8, 4) is 0 Å². The number of guanidine groups is 1. The molecular formula is C16H23N5O7S. The number of ether oxygens (including phenoxy) is 1. The van der Waals surface area contributed by atoms with Crippen molar-refractivity contribution in [1.29, 1.82) is 0 Å². The van der Waals surface area contributed by atoms with Crippen LogP contribution in [0.4, 0.5) is 0 Å². The van der Waals surface area contributed by atoms with E-state index in [0.29, 0.717) is 5.76 Å². The fourth-order valence-corrected chi connectivity index (χ4v) is 2.89. The fourth-order valence-electron chi connectivity index (χ4n) is 2.68. The van der Waals surface area contributed by atoms with Crippen molar-refractivity contribution in [2.24, 2.45) is 16.5 Å².